The zero-order valence-corrected chi connectivity index (χ0v) is 12.0. The first-order chi connectivity index (χ1) is 9.56. The average Bonchev–Trinajstić information content (AvgIpc) is 2.99. The van der Waals surface area contributed by atoms with E-state index in [1.165, 1.54) is 12.8 Å². The van der Waals surface area contributed by atoms with E-state index in [2.05, 4.69) is 0 Å². The molecule has 1 aliphatic heterocycles. The van der Waals surface area contributed by atoms with Crippen LogP contribution in [0, 0.1) is 23.7 Å². The van der Waals surface area contributed by atoms with Gasteiger partial charge in [-0.05, 0) is 49.9 Å². The van der Waals surface area contributed by atoms with E-state index in [0.717, 1.165) is 32.4 Å². The van der Waals surface area contributed by atoms with Crippen molar-refractivity contribution in [2.45, 2.75) is 44.6 Å². The first kappa shape index (κ1) is 13.9. The maximum absolute atomic E-state index is 12.7. The molecule has 3 fully saturated rings. The van der Waals surface area contributed by atoms with E-state index >= 15 is 0 Å². The first-order valence-electron chi connectivity index (χ1n) is 7.89. The van der Waals surface area contributed by atoms with Gasteiger partial charge in [0.2, 0.25) is 11.8 Å². The van der Waals surface area contributed by atoms with Gasteiger partial charge >= 0.3 is 0 Å². The Balaban J connectivity index is 1.56. The Bertz CT molecular complexity index is 402. The molecular weight excluding hydrogens is 254 g/mol. The predicted octanol–water partition coefficient (Wildman–Crippen LogP) is 0.474. The molecule has 0 aromatic rings. The Morgan fingerprint density at radius 1 is 1.05 bits per heavy atom. The van der Waals surface area contributed by atoms with Gasteiger partial charge in [0.05, 0.1) is 5.92 Å². The smallest absolute Gasteiger partial charge is 0.227 e. The highest BCUT2D eigenvalue weighted by Crippen LogP contribution is 2.48. The predicted molar refractivity (Wildman–Crippen MR) is 75.4 cm³/mol. The van der Waals surface area contributed by atoms with Gasteiger partial charge in [-0.2, -0.15) is 0 Å². The third kappa shape index (κ3) is 2.43. The molecule has 5 heteroatoms. The molecule has 3 aliphatic rings. The molecule has 2 amide bonds. The molecule has 0 spiro atoms. The molecule has 5 nitrogen and oxygen atoms in total. The van der Waals surface area contributed by atoms with Crippen molar-refractivity contribution in [3.8, 4) is 0 Å². The minimum atomic E-state index is -0.232. The number of carbonyl (C=O) groups excluding carboxylic acids is 2. The number of nitrogens with two attached hydrogens (primary N) is 2. The van der Waals surface area contributed by atoms with Crippen LogP contribution in [0.25, 0.3) is 0 Å². The van der Waals surface area contributed by atoms with Crippen molar-refractivity contribution in [1.29, 1.82) is 0 Å². The third-order valence-electron chi connectivity index (χ3n) is 5.68. The van der Waals surface area contributed by atoms with Crippen molar-refractivity contribution in [2.24, 2.45) is 35.1 Å². The van der Waals surface area contributed by atoms with E-state index in [1.54, 1.807) is 0 Å². The van der Waals surface area contributed by atoms with Crippen LogP contribution < -0.4 is 11.5 Å². The highest BCUT2D eigenvalue weighted by Gasteiger charge is 2.50. The molecule has 4 N–H and O–H groups in total. The Morgan fingerprint density at radius 2 is 1.70 bits per heavy atom. The minimum absolute atomic E-state index is 0.0569. The van der Waals surface area contributed by atoms with Gasteiger partial charge in [0.25, 0.3) is 0 Å². The fourth-order valence-electron chi connectivity index (χ4n) is 4.56. The van der Waals surface area contributed by atoms with Crippen LogP contribution in [0.3, 0.4) is 0 Å². The number of rotatable bonds is 3. The van der Waals surface area contributed by atoms with Crippen LogP contribution >= 0.6 is 0 Å². The molecule has 3 rings (SSSR count). The summed E-state index contributed by atoms with van der Waals surface area (Å²) in [6, 6.07) is 0.0737. The second-order valence-electron chi connectivity index (χ2n) is 6.88. The quantitative estimate of drug-likeness (QED) is 0.787. The van der Waals surface area contributed by atoms with E-state index in [-0.39, 0.29) is 23.8 Å². The third-order valence-corrected chi connectivity index (χ3v) is 5.68. The molecule has 0 aromatic heterocycles. The standard InChI is InChI=1S/C15H25N3O2/c16-12(19)7-9-3-5-18(6-4-9)15(20)13-10-1-2-11(8-10)14(13)17/h9-11,13-14H,1-8,17H2,(H2,16,19). The van der Waals surface area contributed by atoms with Crippen LogP contribution in [-0.2, 0) is 9.59 Å². The molecule has 0 aromatic carbocycles. The lowest BCUT2D eigenvalue weighted by Gasteiger charge is -2.36. The van der Waals surface area contributed by atoms with Crippen molar-refractivity contribution in [1.82, 2.24) is 4.90 Å². The summed E-state index contributed by atoms with van der Waals surface area (Å²) >= 11 is 0. The average molecular weight is 279 g/mol. The minimum Gasteiger partial charge on any atom is -0.370 e. The van der Waals surface area contributed by atoms with Crippen LogP contribution in [-0.4, -0.2) is 35.8 Å². The number of fused-ring (bicyclic) bond motifs is 2. The van der Waals surface area contributed by atoms with E-state index in [9.17, 15) is 9.59 Å². The van der Waals surface area contributed by atoms with E-state index in [0.29, 0.717) is 24.2 Å². The summed E-state index contributed by atoms with van der Waals surface area (Å²) in [7, 11) is 0. The van der Waals surface area contributed by atoms with E-state index in [4.69, 9.17) is 11.5 Å². The number of carbonyl (C=O) groups is 2. The molecule has 4 atom stereocenters. The summed E-state index contributed by atoms with van der Waals surface area (Å²) in [5.74, 6) is 1.53. The van der Waals surface area contributed by atoms with Crippen LogP contribution in [0.4, 0.5) is 0 Å². The zero-order chi connectivity index (χ0) is 14.3. The lowest BCUT2D eigenvalue weighted by Crippen LogP contribution is -2.49. The molecule has 2 aliphatic carbocycles. The molecular formula is C15H25N3O2. The summed E-state index contributed by atoms with van der Waals surface area (Å²) in [6.45, 7) is 1.52. The van der Waals surface area contributed by atoms with Gasteiger partial charge in [-0.15, -0.1) is 0 Å². The van der Waals surface area contributed by atoms with Crippen molar-refractivity contribution >= 4 is 11.8 Å². The van der Waals surface area contributed by atoms with Gasteiger partial charge in [0.1, 0.15) is 0 Å². The van der Waals surface area contributed by atoms with Crippen LogP contribution in [0.5, 0.6) is 0 Å². The second kappa shape index (κ2) is 5.35. The van der Waals surface area contributed by atoms with Gasteiger partial charge in [-0.3, -0.25) is 9.59 Å². The lowest BCUT2D eigenvalue weighted by atomic mass is 9.83. The Kier molecular flexibility index (Phi) is 3.71. The number of piperidine rings is 1. The number of hydrogen-bond donors (Lipinski definition) is 2. The zero-order valence-electron chi connectivity index (χ0n) is 12.0. The number of hydrogen-bond acceptors (Lipinski definition) is 3. The van der Waals surface area contributed by atoms with Gasteiger partial charge in [-0.1, -0.05) is 0 Å². The molecule has 112 valence electrons. The van der Waals surface area contributed by atoms with Crippen LogP contribution in [0.2, 0.25) is 0 Å². The molecule has 1 saturated heterocycles. The highest BCUT2D eigenvalue weighted by atomic mass is 16.2. The summed E-state index contributed by atoms with van der Waals surface area (Å²) in [4.78, 5) is 25.6. The summed E-state index contributed by atoms with van der Waals surface area (Å²) in [5.41, 5.74) is 11.5. The van der Waals surface area contributed by atoms with Gasteiger partial charge in [-0.25, -0.2) is 0 Å². The normalized spacial score (nSPS) is 37.4. The second-order valence-corrected chi connectivity index (χ2v) is 6.88. The number of nitrogens with zero attached hydrogens (tertiary/aromatic N) is 1. The fourth-order valence-corrected chi connectivity index (χ4v) is 4.56. The first-order valence-corrected chi connectivity index (χ1v) is 7.89. The SMILES string of the molecule is NC(=O)CC1CCN(C(=O)C2C3CCC(C3)C2N)CC1. The van der Waals surface area contributed by atoms with Crippen LogP contribution in [0.1, 0.15) is 38.5 Å². The Labute approximate surface area is 120 Å². The topological polar surface area (TPSA) is 89.4 Å². The molecule has 20 heavy (non-hydrogen) atoms. The van der Waals surface area contributed by atoms with Crippen molar-refractivity contribution in [2.75, 3.05) is 13.1 Å². The summed E-state index contributed by atoms with van der Waals surface area (Å²) in [6.07, 6.45) is 5.77. The lowest BCUT2D eigenvalue weighted by molar-refractivity contribution is -0.139. The van der Waals surface area contributed by atoms with Crippen molar-refractivity contribution in [3.63, 3.8) is 0 Å². The molecule has 2 bridgehead atoms. The largest absolute Gasteiger partial charge is 0.370 e. The van der Waals surface area contributed by atoms with Crippen molar-refractivity contribution < 1.29 is 9.59 Å². The molecule has 0 radical (unpaired) electrons. The number of likely N-dealkylation sites (tertiary alicyclic amines) is 1. The number of amides is 2. The van der Waals surface area contributed by atoms with E-state index in [1.807, 2.05) is 4.90 Å². The monoisotopic (exact) mass is 279 g/mol. The van der Waals surface area contributed by atoms with Gasteiger partial charge in [0.15, 0.2) is 0 Å². The summed E-state index contributed by atoms with van der Waals surface area (Å²) in [5, 5.41) is 0. The molecule has 4 unspecified atom stereocenters. The highest BCUT2D eigenvalue weighted by molar-refractivity contribution is 5.80. The maximum atomic E-state index is 12.7. The fraction of sp³-hybridized carbons (Fsp3) is 0.867. The van der Waals surface area contributed by atoms with Gasteiger partial charge in [0, 0.05) is 25.6 Å². The van der Waals surface area contributed by atoms with Crippen LogP contribution in [0.15, 0.2) is 0 Å². The van der Waals surface area contributed by atoms with E-state index < -0.39 is 0 Å². The Morgan fingerprint density at radius 3 is 2.25 bits per heavy atom. The maximum Gasteiger partial charge on any atom is 0.227 e. The number of primary amides is 1. The van der Waals surface area contributed by atoms with Gasteiger partial charge < -0.3 is 16.4 Å². The van der Waals surface area contributed by atoms with Crippen molar-refractivity contribution in [3.05, 3.63) is 0 Å². The summed E-state index contributed by atoms with van der Waals surface area (Å²) < 4.78 is 0. The molecule has 1 heterocycles. The molecule has 2 saturated carbocycles. The Hall–Kier alpha value is -1.10.